The van der Waals surface area contributed by atoms with Crippen LogP contribution in [0.5, 0.6) is 0 Å². The minimum Gasteiger partial charge on any atom is -0.481 e. The summed E-state index contributed by atoms with van der Waals surface area (Å²) in [6, 6.07) is 1.88. The molecule has 0 radical (unpaired) electrons. The van der Waals surface area contributed by atoms with E-state index in [0.717, 1.165) is 11.4 Å². The smallest absolute Gasteiger partial charge is 0.305 e. The number of aromatic nitrogens is 2. The normalized spacial score (nSPS) is 10.8. The summed E-state index contributed by atoms with van der Waals surface area (Å²) in [6.45, 7) is 7.90. The minimum absolute atomic E-state index is 0.0242. The van der Waals surface area contributed by atoms with E-state index in [-0.39, 0.29) is 31.5 Å². The third kappa shape index (κ3) is 4.39. The Morgan fingerprint density at radius 2 is 2.05 bits per heavy atom. The Morgan fingerprint density at radius 1 is 1.42 bits per heavy atom. The monoisotopic (exact) mass is 267 g/mol. The van der Waals surface area contributed by atoms with Gasteiger partial charge in [0.2, 0.25) is 5.91 Å². The Balaban J connectivity index is 2.72. The van der Waals surface area contributed by atoms with Crippen LogP contribution in [0.1, 0.15) is 31.7 Å². The van der Waals surface area contributed by atoms with Crippen LogP contribution in [0.25, 0.3) is 0 Å². The first-order chi connectivity index (χ1) is 8.81. The summed E-state index contributed by atoms with van der Waals surface area (Å²) in [7, 11) is 0. The maximum atomic E-state index is 12.2. The lowest BCUT2D eigenvalue weighted by Gasteiger charge is -2.26. The molecule has 1 heterocycles. The molecule has 0 atom stereocenters. The highest BCUT2D eigenvalue weighted by molar-refractivity contribution is 5.77. The summed E-state index contributed by atoms with van der Waals surface area (Å²) in [5.41, 5.74) is 1.79. The molecule has 1 amide bonds. The van der Waals surface area contributed by atoms with E-state index in [0.29, 0.717) is 0 Å². The van der Waals surface area contributed by atoms with E-state index in [9.17, 15) is 9.59 Å². The van der Waals surface area contributed by atoms with E-state index in [2.05, 4.69) is 5.10 Å². The quantitative estimate of drug-likeness (QED) is 0.840. The molecule has 0 unspecified atom stereocenters. The number of amides is 1. The van der Waals surface area contributed by atoms with Crippen molar-refractivity contribution in [1.82, 2.24) is 14.7 Å². The summed E-state index contributed by atoms with van der Waals surface area (Å²) in [6.07, 6.45) is -0.0406. The van der Waals surface area contributed by atoms with Gasteiger partial charge in [-0.2, -0.15) is 5.10 Å². The van der Waals surface area contributed by atoms with Gasteiger partial charge < -0.3 is 10.0 Å². The van der Waals surface area contributed by atoms with Gasteiger partial charge in [-0.3, -0.25) is 14.3 Å². The fraction of sp³-hybridized carbons (Fsp3) is 0.615. The summed E-state index contributed by atoms with van der Waals surface area (Å²) in [5.74, 6) is -1.01. The summed E-state index contributed by atoms with van der Waals surface area (Å²) in [4.78, 5) is 24.4. The maximum absolute atomic E-state index is 12.2. The number of nitrogens with zero attached hydrogens (tertiary/aromatic N) is 3. The predicted octanol–water partition coefficient (Wildman–Crippen LogP) is 1.21. The van der Waals surface area contributed by atoms with Crippen LogP contribution in [0.4, 0.5) is 0 Å². The number of carbonyl (C=O) groups is 2. The van der Waals surface area contributed by atoms with Crippen LogP contribution in [0.3, 0.4) is 0 Å². The van der Waals surface area contributed by atoms with Crippen molar-refractivity contribution in [1.29, 1.82) is 0 Å². The average Bonchev–Trinajstić information content (AvgIpc) is 2.56. The molecule has 106 valence electrons. The lowest BCUT2D eigenvalue weighted by Crippen LogP contribution is -2.40. The molecule has 0 aliphatic rings. The summed E-state index contributed by atoms with van der Waals surface area (Å²) >= 11 is 0. The van der Waals surface area contributed by atoms with Crippen LogP contribution < -0.4 is 0 Å². The average molecular weight is 267 g/mol. The number of rotatable bonds is 6. The molecule has 0 aliphatic carbocycles. The van der Waals surface area contributed by atoms with Crippen molar-refractivity contribution >= 4 is 11.9 Å². The molecule has 1 N–H and O–H groups in total. The van der Waals surface area contributed by atoms with Gasteiger partial charge >= 0.3 is 5.97 Å². The van der Waals surface area contributed by atoms with Gasteiger partial charge in [-0.15, -0.1) is 0 Å². The molecule has 0 aliphatic heterocycles. The van der Waals surface area contributed by atoms with Crippen molar-refractivity contribution in [3.63, 3.8) is 0 Å². The Bertz CT molecular complexity index is 466. The van der Waals surface area contributed by atoms with Crippen LogP contribution in [-0.2, 0) is 16.1 Å². The number of carboxylic acid groups (broad SMARTS) is 1. The van der Waals surface area contributed by atoms with E-state index in [4.69, 9.17) is 5.11 Å². The van der Waals surface area contributed by atoms with Crippen LogP contribution in [0.2, 0.25) is 0 Å². The fourth-order valence-corrected chi connectivity index (χ4v) is 1.94. The highest BCUT2D eigenvalue weighted by Crippen LogP contribution is 2.06. The molecule has 1 aromatic heterocycles. The van der Waals surface area contributed by atoms with Gasteiger partial charge in [0, 0.05) is 18.3 Å². The first-order valence-corrected chi connectivity index (χ1v) is 6.33. The Morgan fingerprint density at radius 3 is 2.47 bits per heavy atom. The lowest BCUT2D eigenvalue weighted by atomic mass is 10.2. The molecule has 19 heavy (non-hydrogen) atoms. The molecule has 6 heteroatoms. The SMILES string of the molecule is Cc1cc(C)n(CC(=O)N(CCC(=O)O)C(C)C)n1. The Labute approximate surface area is 113 Å². The van der Waals surface area contributed by atoms with E-state index in [1.807, 2.05) is 33.8 Å². The van der Waals surface area contributed by atoms with Crippen LogP contribution in [0, 0.1) is 13.8 Å². The van der Waals surface area contributed by atoms with Gasteiger partial charge in [0.15, 0.2) is 0 Å². The molecular weight excluding hydrogens is 246 g/mol. The van der Waals surface area contributed by atoms with Crippen molar-refractivity contribution in [2.24, 2.45) is 0 Å². The molecule has 1 rings (SSSR count). The summed E-state index contributed by atoms with van der Waals surface area (Å²) < 4.78 is 1.65. The van der Waals surface area contributed by atoms with Crippen molar-refractivity contribution < 1.29 is 14.7 Å². The van der Waals surface area contributed by atoms with Gasteiger partial charge in [-0.25, -0.2) is 0 Å². The molecule has 6 nitrogen and oxygen atoms in total. The summed E-state index contributed by atoms with van der Waals surface area (Å²) in [5, 5.41) is 12.9. The third-order valence-electron chi connectivity index (χ3n) is 2.90. The zero-order valence-electron chi connectivity index (χ0n) is 11.9. The number of hydrogen-bond acceptors (Lipinski definition) is 3. The van der Waals surface area contributed by atoms with E-state index in [1.165, 1.54) is 0 Å². The van der Waals surface area contributed by atoms with Gasteiger partial charge in [-0.05, 0) is 33.8 Å². The zero-order valence-corrected chi connectivity index (χ0v) is 11.9. The zero-order chi connectivity index (χ0) is 14.6. The van der Waals surface area contributed by atoms with E-state index < -0.39 is 5.97 Å². The Hall–Kier alpha value is -1.85. The van der Waals surface area contributed by atoms with E-state index in [1.54, 1.807) is 9.58 Å². The molecule has 0 spiro atoms. The standard InChI is InChI=1S/C13H21N3O3/c1-9(2)15(6-5-13(18)19)12(17)8-16-11(4)7-10(3)14-16/h7,9H,5-6,8H2,1-4H3,(H,18,19). The van der Waals surface area contributed by atoms with Crippen molar-refractivity contribution in [3.05, 3.63) is 17.5 Å². The molecule has 0 fully saturated rings. The Kier molecular flexibility index (Phi) is 5.09. The van der Waals surface area contributed by atoms with Gasteiger partial charge in [0.25, 0.3) is 0 Å². The van der Waals surface area contributed by atoms with Gasteiger partial charge in [0.05, 0.1) is 12.1 Å². The topological polar surface area (TPSA) is 75.4 Å². The molecule has 0 saturated carbocycles. The second-order valence-electron chi connectivity index (χ2n) is 4.91. The fourth-order valence-electron chi connectivity index (χ4n) is 1.94. The number of aliphatic carboxylic acids is 1. The molecular formula is C13H21N3O3. The first-order valence-electron chi connectivity index (χ1n) is 6.33. The molecule has 1 aromatic rings. The maximum Gasteiger partial charge on any atom is 0.305 e. The van der Waals surface area contributed by atoms with Crippen molar-refractivity contribution in [2.45, 2.75) is 46.7 Å². The second kappa shape index (κ2) is 6.36. The largest absolute Gasteiger partial charge is 0.481 e. The number of carbonyl (C=O) groups excluding carboxylic acids is 1. The predicted molar refractivity (Wildman–Crippen MR) is 70.8 cm³/mol. The van der Waals surface area contributed by atoms with Gasteiger partial charge in [-0.1, -0.05) is 0 Å². The van der Waals surface area contributed by atoms with Crippen molar-refractivity contribution in [3.8, 4) is 0 Å². The number of hydrogen-bond donors (Lipinski definition) is 1. The second-order valence-corrected chi connectivity index (χ2v) is 4.91. The van der Waals surface area contributed by atoms with Gasteiger partial charge in [0.1, 0.15) is 6.54 Å². The highest BCUT2D eigenvalue weighted by atomic mass is 16.4. The lowest BCUT2D eigenvalue weighted by molar-refractivity contribution is -0.139. The molecule has 0 aromatic carbocycles. The van der Waals surface area contributed by atoms with Crippen LogP contribution in [-0.4, -0.2) is 44.3 Å². The van der Waals surface area contributed by atoms with Crippen molar-refractivity contribution in [2.75, 3.05) is 6.54 Å². The number of carboxylic acids is 1. The third-order valence-corrected chi connectivity index (χ3v) is 2.90. The minimum atomic E-state index is -0.899. The van der Waals surface area contributed by atoms with Crippen LogP contribution >= 0.6 is 0 Å². The number of aryl methyl sites for hydroxylation is 2. The van der Waals surface area contributed by atoms with Crippen LogP contribution in [0.15, 0.2) is 6.07 Å². The molecule has 0 saturated heterocycles. The first kappa shape index (κ1) is 15.2. The molecule has 0 bridgehead atoms. The highest BCUT2D eigenvalue weighted by Gasteiger charge is 2.19. The van der Waals surface area contributed by atoms with E-state index >= 15 is 0 Å².